The molecule has 3 heteroatoms. The molecule has 3 nitrogen and oxygen atoms in total. The Balaban J connectivity index is 3.02. The fourth-order valence-electron chi connectivity index (χ4n) is 1.50. The van der Waals surface area contributed by atoms with Crippen molar-refractivity contribution in [2.24, 2.45) is 0 Å². The summed E-state index contributed by atoms with van der Waals surface area (Å²) in [6, 6.07) is 7.31. The van der Waals surface area contributed by atoms with Crippen molar-refractivity contribution in [1.82, 2.24) is 5.32 Å². The standard InChI is InChI=1S/C12H17NO2/c1-12(2,15)8-9-6-4-5-7-10(9)11(14)13-3/h4-7,15H,8H2,1-3H3,(H,13,14). The first kappa shape index (κ1) is 11.7. The highest BCUT2D eigenvalue weighted by Gasteiger charge is 2.17. The van der Waals surface area contributed by atoms with Gasteiger partial charge >= 0.3 is 0 Å². The Morgan fingerprint density at radius 3 is 2.53 bits per heavy atom. The minimum absolute atomic E-state index is 0.116. The Kier molecular flexibility index (Phi) is 3.48. The van der Waals surface area contributed by atoms with Gasteiger partial charge in [0.15, 0.2) is 0 Å². The number of amides is 1. The van der Waals surface area contributed by atoms with Crippen molar-refractivity contribution in [3.05, 3.63) is 35.4 Å². The number of benzene rings is 1. The molecule has 0 aliphatic heterocycles. The predicted molar refractivity (Wildman–Crippen MR) is 59.8 cm³/mol. The van der Waals surface area contributed by atoms with Gasteiger partial charge in [-0.05, 0) is 25.5 Å². The Hall–Kier alpha value is -1.35. The fraction of sp³-hybridized carbons (Fsp3) is 0.417. The van der Waals surface area contributed by atoms with Gasteiger partial charge in [-0.25, -0.2) is 0 Å². The van der Waals surface area contributed by atoms with Crippen LogP contribution in [0, 0.1) is 0 Å². The molecule has 0 aliphatic rings. The smallest absolute Gasteiger partial charge is 0.251 e. The number of nitrogens with one attached hydrogen (secondary N) is 1. The van der Waals surface area contributed by atoms with Crippen LogP contribution in [-0.4, -0.2) is 23.7 Å². The highest BCUT2D eigenvalue weighted by Crippen LogP contribution is 2.16. The molecular weight excluding hydrogens is 190 g/mol. The first-order valence-corrected chi connectivity index (χ1v) is 4.96. The highest BCUT2D eigenvalue weighted by molar-refractivity contribution is 5.95. The summed E-state index contributed by atoms with van der Waals surface area (Å²) in [5.74, 6) is -0.116. The first-order chi connectivity index (χ1) is 6.94. The van der Waals surface area contributed by atoms with E-state index in [1.807, 2.05) is 18.2 Å². The Morgan fingerprint density at radius 2 is 2.00 bits per heavy atom. The molecular formula is C12H17NO2. The summed E-state index contributed by atoms with van der Waals surface area (Å²) >= 11 is 0. The van der Waals surface area contributed by atoms with Gasteiger partial charge in [0.1, 0.15) is 0 Å². The van der Waals surface area contributed by atoms with Gasteiger partial charge < -0.3 is 10.4 Å². The van der Waals surface area contributed by atoms with Crippen LogP contribution in [0.3, 0.4) is 0 Å². The third kappa shape index (κ3) is 3.36. The van der Waals surface area contributed by atoms with Gasteiger partial charge in [0.2, 0.25) is 0 Å². The second kappa shape index (κ2) is 4.45. The Bertz CT molecular complexity index is 353. The predicted octanol–water partition coefficient (Wildman–Crippen LogP) is 1.36. The fourth-order valence-corrected chi connectivity index (χ4v) is 1.50. The topological polar surface area (TPSA) is 49.3 Å². The number of hydrogen-bond donors (Lipinski definition) is 2. The normalized spacial score (nSPS) is 11.2. The molecule has 0 saturated heterocycles. The minimum Gasteiger partial charge on any atom is -0.390 e. The molecule has 1 amide bonds. The molecule has 0 heterocycles. The minimum atomic E-state index is -0.801. The van der Waals surface area contributed by atoms with E-state index in [1.165, 1.54) is 0 Å². The zero-order chi connectivity index (χ0) is 11.5. The number of aliphatic hydroxyl groups is 1. The molecule has 1 rings (SSSR count). The van der Waals surface area contributed by atoms with E-state index in [2.05, 4.69) is 5.32 Å². The van der Waals surface area contributed by atoms with Crippen molar-refractivity contribution in [3.63, 3.8) is 0 Å². The van der Waals surface area contributed by atoms with Crippen molar-refractivity contribution >= 4 is 5.91 Å². The third-order valence-electron chi connectivity index (χ3n) is 2.11. The number of carbonyl (C=O) groups excluding carboxylic acids is 1. The number of rotatable bonds is 3. The lowest BCUT2D eigenvalue weighted by Crippen LogP contribution is -2.25. The molecule has 0 aromatic heterocycles. The van der Waals surface area contributed by atoms with Crippen LogP contribution >= 0.6 is 0 Å². The number of hydrogen-bond acceptors (Lipinski definition) is 2. The lowest BCUT2D eigenvalue weighted by Gasteiger charge is -2.18. The second-order valence-corrected chi connectivity index (χ2v) is 4.23. The quantitative estimate of drug-likeness (QED) is 0.786. The van der Waals surface area contributed by atoms with Crippen molar-refractivity contribution in [1.29, 1.82) is 0 Å². The van der Waals surface area contributed by atoms with Crippen LogP contribution in [0.15, 0.2) is 24.3 Å². The van der Waals surface area contributed by atoms with Gasteiger partial charge in [-0.1, -0.05) is 18.2 Å². The van der Waals surface area contributed by atoms with Gasteiger partial charge in [-0.3, -0.25) is 4.79 Å². The van der Waals surface area contributed by atoms with E-state index in [9.17, 15) is 9.90 Å². The monoisotopic (exact) mass is 207 g/mol. The van der Waals surface area contributed by atoms with Crippen molar-refractivity contribution in [2.75, 3.05) is 7.05 Å². The molecule has 0 unspecified atom stereocenters. The summed E-state index contributed by atoms with van der Waals surface area (Å²) < 4.78 is 0. The average Bonchev–Trinajstić information content (AvgIpc) is 2.15. The van der Waals surface area contributed by atoms with Gasteiger partial charge in [0, 0.05) is 19.0 Å². The van der Waals surface area contributed by atoms with Gasteiger partial charge in [-0.2, -0.15) is 0 Å². The molecule has 0 bridgehead atoms. The molecule has 0 aliphatic carbocycles. The average molecular weight is 207 g/mol. The zero-order valence-corrected chi connectivity index (χ0v) is 9.37. The summed E-state index contributed by atoms with van der Waals surface area (Å²) in [7, 11) is 1.60. The molecule has 0 radical (unpaired) electrons. The summed E-state index contributed by atoms with van der Waals surface area (Å²) in [4.78, 5) is 11.5. The van der Waals surface area contributed by atoms with Crippen LogP contribution in [0.25, 0.3) is 0 Å². The summed E-state index contributed by atoms with van der Waals surface area (Å²) in [5, 5.41) is 12.3. The maximum atomic E-state index is 11.5. The Morgan fingerprint density at radius 1 is 1.40 bits per heavy atom. The van der Waals surface area contributed by atoms with Crippen LogP contribution in [0.2, 0.25) is 0 Å². The van der Waals surface area contributed by atoms with Gasteiger partial charge in [0.25, 0.3) is 5.91 Å². The first-order valence-electron chi connectivity index (χ1n) is 4.96. The molecule has 1 aromatic carbocycles. The molecule has 82 valence electrons. The Labute approximate surface area is 90.1 Å². The van der Waals surface area contributed by atoms with E-state index in [4.69, 9.17) is 0 Å². The van der Waals surface area contributed by atoms with Crippen LogP contribution in [0.5, 0.6) is 0 Å². The molecule has 15 heavy (non-hydrogen) atoms. The zero-order valence-electron chi connectivity index (χ0n) is 9.37. The van der Waals surface area contributed by atoms with Gasteiger partial charge in [-0.15, -0.1) is 0 Å². The largest absolute Gasteiger partial charge is 0.390 e. The van der Waals surface area contributed by atoms with E-state index in [1.54, 1.807) is 27.0 Å². The molecule has 2 N–H and O–H groups in total. The van der Waals surface area contributed by atoms with E-state index >= 15 is 0 Å². The SMILES string of the molecule is CNC(=O)c1ccccc1CC(C)(C)O. The molecule has 0 fully saturated rings. The summed E-state index contributed by atoms with van der Waals surface area (Å²) in [6.45, 7) is 3.46. The lowest BCUT2D eigenvalue weighted by molar-refractivity contribution is 0.0804. The third-order valence-corrected chi connectivity index (χ3v) is 2.11. The van der Waals surface area contributed by atoms with E-state index in [-0.39, 0.29) is 5.91 Å². The van der Waals surface area contributed by atoms with Crippen LogP contribution in [0.4, 0.5) is 0 Å². The van der Waals surface area contributed by atoms with Crippen LogP contribution in [0.1, 0.15) is 29.8 Å². The molecule has 0 atom stereocenters. The lowest BCUT2D eigenvalue weighted by atomic mass is 9.94. The maximum absolute atomic E-state index is 11.5. The molecule has 1 aromatic rings. The van der Waals surface area contributed by atoms with Crippen molar-refractivity contribution in [2.45, 2.75) is 25.9 Å². The van der Waals surface area contributed by atoms with E-state index in [0.717, 1.165) is 5.56 Å². The molecule has 0 saturated carbocycles. The van der Waals surface area contributed by atoms with E-state index < -0.39 is 5.60 Å². The molecule has 0 spiro atoms. The van der Waals surface area contributed by atoms with Crippen molar-refractivity contribution < 1.29 is 9.90 Å². The summed E-state index contributed by atoms with van der Waals surface area (Å²) in [6.07, 6.45) is 0.469. The van der Waals surface area contributed by atoms with Crippen LogP contribution < -0.4 is 5.32 Å². The van der Waals surface area contributed by atoms with Crippen molar-refractivity contribution in [3.8, 4) is 0 Å². The van der Waals surface area contributed by atoms with Crippen LogP contribution in [-0.2, 0) is 6.42 Å². The summed E-state index contributed by atoms with van der Waals surface area (Å²) in [5.41, 5.74) is 0.691. The van der Waals surface area contributed by atoms with E-state index in [0.29, 0.717) is 12.0 Å². The number of carbonyl (C=O) groups is 1. The van der Waals surface area contributed by atoms with Gasteiger partial charge in [0.05, 0.1) is 5.60 Å². The highest BCUT2D eigenvalue weighted by atomic mass is 16.3. The second-order valence-electron chi connectivity index (χ2n) is 4.23. The maximum Gasteiger partial charge on any atom is 0.251 e.